The quantitative estimate of drug-likeness (QED) is 0.663. The average molecular weight is 378 g/mol. The maximum atomic E-state index is 12.5. The Morgan fingerprint density at radius 3 is 2.64 bits per heavy atom. The van der Waals surface area contributed by atoms with Crippen LogP contribution in [0.5, 0.6) is 0 Å². The van der Waals surface area contributed by atoms with Crippen LogP contribution in [0.15, 0.2) is 54.6 Å². The second kappa shape index (κ2) is 8.99. The molecule has 0 bridgehead atoms. The SMILES string of the molecule is O=C(CCc1nc2ccccc2[nH]1)NCC(c1ccccc1)N1CCOCC1. The van der Waals surface area contributed by atoms with Crippen LogP contribution in [0.4, 0.5) is 0 Å². The fraction of sp³-hybridized carbons (Fsp3) is 0.364. The van der Waals surface area contributed by atoms with Gasteiger partial charge in [0, 0.05) is 32.5 Å². The van der Waals surface area contributed by atoms with Crippen molar-refractivity contribution < 1.29 is 9.53 Å². The lowest BCUT2D eigenvalue weighted by Gasteiger charge is -2.35. The first kappa shape index (κ1) is 18.7. The molecule has 146 valence electrons. The van der Waals surface area contributed by atoms with Crippen molar-refractivity contribution >= 4 is 16.9 Å². The summed E-state index contributed by atoms with van der Waals surface area (Å²) in [5.41, 5.74) is 3.17. The molecule has 28 heavy (non-hydrogen) atoms. The summed E-state index contributed by atoms with van der Waals surface area (Å²) in [6.45, 7) is 3.85. The summed E-state index contributed by atoms with van der Waals surface area (Å²) in [5, 5.41) is 3.12. The molecule has 1 aliphatic heterocycles. The molecule has 1 amide bonds. The van der Waals surface area contributed by atoms with E-state index >= 15 is 0 Å². The molecule has 1 saturated heterocycles. The molecule has 2 heterocycles. The van der Waals surface area contributed by atoms with E-state index in [-0.39, 0.29) is 11.9 Å². The minimum atomic E-state index is 0.0506. The Morgan fingerprint density at radius 2 is 1.86 bits per heavy atom. The number of fused-ring (bicyclic) bond motifs is 1. The van der Waals surface area contributed by atoms with Gasteiger partial charge < -0.3 is 15.0 Å². The molecule has 0 aliphatic carbocycles. The zero-order valence-electron chi connectivity index (χ0n) is 15.9. The van der Waals surface area contributed by atoms with Crippen molar-refractivity contribution in [2.45, 2.75) is 18.9 Å². The maximum absolute atomic E-state index is 12.5. The summed E-state index contributed by atoms with van der Waals surface area (Å²) in [4.78, 5) is 22.7. The van der Waals surface area contributed by atoms with Crippen LogP contribution in [0, 0.1) is 0 Å². The van der Waals surface area contributed by atoms with Gasteiger partial charge in [0.15, 0.2) is 0 Å². The number of aryl methyl sites for hydroxylation is 1. The van der Waals surface area contributed by atoms with Crippen LogP contribution in [0.2, 0.25) is 0 Å². The van der Waals surface area contributed by atoms with Gasteiger partial charge in [-0.1, -0.05) is 42.5 Å². The molecule has 0 radical (unpaired) electrons. The molecule has 1 atom stereocenters. The molecule has 2 aromatic carbocycles. The number of nitrogens with zero attached hydrogens (tertiary/aromatic N) is 2. The Morgan fingerprint density at radius 1 is 1.11 bits per heavy atom. The number of aromatic amines is 1. The molecule has 2 N–H and O–H groups in total. The number of morpholine rings is 1. The van der Waals surface area contributed by atoms with Crippen LogP contribution >= 0.6 is 0 Å². The van der Waals surface area contributed by atoms with E-state index in [4.69, 9.17) is 4.74 Å². The summed E-state index contributed by atoms with van der Waals surface area (Å²) >= 11 is 0. The Balaban J connectivity index is 1.34. The highest BCUT2D eigenvalue weighted by molar-refractivity contribution is 5.77. The summed E-state index contributed by atoms with van der Waals surface area (Å²) in [5.74, 6) is 0.902. The first-order chi connectivity index (χ1) is 13.8. The number of para-hydroxylation sites is 2. The number of ether oxygens (including phenoxy) is 1. The third-order valence-electron chi connectivity index (χ3n) is 5.19. The first-order valence-electron chi connectivity index (χ1n) is 9.86. The van der Waals surface area contributed by atoms with Gasteiger partial charge in [-0.3, -0.25) is 9.69 Å². The Kier molecular flexibility index (Phi) is 5.99. The number of carbonyl (C=O) groups excluding carboxylic acids is 1. The summed E-state index contributed by atoms with van der Waals surface area (Å²) in [7, 11) is 0. The molecule has 0 saturated carbocycles. The van der Waals surface area contributed by atoms with Crippen molar-refractivity contribution in [1.82, 2.24) is 20.2 Å². The van der Waals surface area contributed by atoms with Crippen LogP contribution < -0.4 is 5.32 Å². The number of hydrogen-bond acceptors (Lipinski definition) is 4. The van der Waals surface area contributed by atoms with Crippen LogP contribution in [0.25, 0.3) is 11.0 Å². The lowest BCUT2D eigenvalue weighted by Crippen LogP contribution is -2.43. The molecule has 3 aromatic rings. The third-order valence-corrected chi connectivity index (χ3v) is 5.19. The molecule has 6 heteroatoms. The normalized spacial score (nSPS) is 16.1. The maximum Gasteiger partial charge on any atom is 0.220 e. The van der Waals surface area contributed by atoms with Gasteiger partial charge in [0.25, 0.3) is 0 Å². The Hall–Kier alpha value is -2.70. The van der Waals surface area contributed by atoms with E-state index in [0.717, 1.165) is 43.2 Å². The number of carbonyl (C=O) groups is 1. The lowest BCUT2D eigenvalue weighted by atomic mass is 10.0. The van der Waals surface area contributed by atoms with E-state index in [0.29, 0.717) is 19.4 Å². The molecule has 1 aromatic heterocycles. The van der Waals surface area contributed by atoms with Gasteiger partial charge in [-0.05, 0) is 17.7 Å². The number of amides is 1. The van der Waals surface area contributed by atoms with Crippen LogP contribution in [-0.4, -0.2) is 53.6 Å². The van der Waals surface area contributed by atoms with E-state index in [2.05, 4.69) is 32.3 Å². The van der Waals surface area contributed by atoms with Gasteiger partial charge in [0.2, 0.25) is 5.91 Å². The highest BCUT2D eigenvalue weighted by Crippen LogP contribution is 2.21. The van der Waals surface area contributed by atoms with Gasteiger partial charge in [-0.25, -0.2) is 4.98 Å². The van der Waals surface area contributed by atoms with Gasteiger partial charge in [0.1, 0.15) is 5.82 Å². The standard InChI is InChI=1S/C22H26N4O2/c27-22(11-10-21-24-18-8-4-5-9-19(18)25-21)23-16-20(17-6-2-1-3-7-17)26-12-14-28-15-13-26/h1-9,20H,10-16H2,(H,23,27)(H,24,25). The van der Waals surface area contributed by atoms with E-state index in [1.165, 1.54) is 5.56 Å². The largest absolute Gasteiger partial charge is 0.379 e. The zero-order valence-corrected chi connectivity index (χ0v) is 15.9. The highest BCUT2D eigenvalue weighted by Gasteiger charge is 2.23. The highest BCUT2D eigenvalue weighted by atomic mass is 16.5. The molecule has 4 rings (SSSR count). The number of H-pyrrole nitrogens is 1. The fourth-order valence-electron chi connectivity index (χ4n) is 3.68. The van der Waals surface area contributed by atoms with Gasteiger partial charge in [-0.15, -0.1) is 0 Å². The number of imidazole rings is 1. The Bertz CT molecular complexity index is 870. The first-order valence-corrected chi connectivity index (χ1v) is 9.86. The summed E-state index contributed by atoms with van der Waals surface area (Å²) in [6, 6.07) is 18.5. The third kappa shape index (κ3) is 4.58. The van der Waals surface area contributed by atoms with Crippen LogP contribution in [0.3, 0.4) is 0 Å². The molecule has 6 nitrogen and oxygen atoms in total. The molecular weight excluding hydrogens is 352 g/mol. The van der Waals surface area contributed by atoms with Gasteiger partial charge in [0.05, 0.1) is 30.3 Å². The number of benzene rings is 2. The van der Waals surface area contributed by atoms with E-state index in [1.807, 2.05) is 42.5 Å². The van der Waals surface area contributed by atoms with Crippen LogP contribution in [0.1, 0.15) is 23.9 Å². The van der Waals surface area contributed by atoms with Crippen LogP contribution in [-0.2, 0) is 16.0 Å². The van der Waals surface area contributed by atoms with Crippen molar-refractivity contribution in [2.24, 2.45) is 0 Å². The molecule has 1 aliphatic rings. The molecule has 1 unspecified atom stereocenters. The number of hydrogen-bond donors (Lipinski definition) is 2. The zero-order chi connectivity index (χ0) is 19.2. The molecular formula is C22H26N4O2. The van der Waals surface area contributed by atoms with E-state index < -0.39 is 0 Å². The van der Waals surface area contributed by atoms with E-state index in [1.54, 1.807) is 0 Å². The smallest absolute Gasteiger partial charge is 0.220 e. The molecule has 0 spiro atoms. The van der Waals surface area contributed by atoms with Crippen molar-refractivity contribution in [2.75, 3.05) is 32.8 Å². The average Bonchev–Trinajstić information content (AvgIpc) is 3.17. The topological polar surface area (TPSA) is 70.2 Å². The number of nitrogens with one attached hydrogen (secondary N) is 2. The monoisotopic (exact) mass is 378 g/mol. The lowest BCUT2D eigenvalue weighted by molar-refractivity contribution is -0.121. The van der Waals surface area contributed by atoms with E-state index in [9.17, 15) is 4.79 Å². The molecule has 1 fully saturated rings. The predicted octanol–water partition coefficient (Wildman–Crippen LogP) is 2.69. The summed E-state index contributed by atoms with van der Waals surface area (Å²) < 4.78 is 5.48. The van der Waals surface area contributed by atoms with Crippen molar-refractivity contribution in [1.29, 1.82) is 0 Å². The minimum absolute atomic E-state index is 0.0506. The van der Waals surface area contributed by atoms with Crippen molar-refractivity contribution in [3.05, 3.63) is 66.0 Å². The Labute approximate surface area is 164 Å². The number of aromatic nitrogens is 2. The minimum Gasteiger partial charge on any atom is -0.379 e. The van der Waals surface area contributed by atoms with Gasteiger partial charge >= 0.3 is 0 Å². The van der Waals surface area contributed by atoms with Crippen molar-refractivity contribution in [3.8, 4) is 0 Å². The second-order valence-corrected chi connectivity index (χ2v) is 7.08. The fourth-order valence-corrected chi connectivity index (χ4v) is 3.68. The van der Waals surface area contributed by atoms with Gasteiger partial charge in [-0.2, -0.15) is 0 Å². The number of rotatable bonds is 7. The predicted molar refractivity (Wildman–Crippen MR) is 109 cm³/mol. The second-order valence-electron chi connectivity index (χ2n) is 7.08. The van der Waals surface area contributed by atoms with Crippen molar-refractivity contribution in [3.63, 3.8) is 0 Å². The summed E-state index contributed by atoms with van der Waals surface area (Å²) in [6.07, 6.45) is 1.03.